The number of unbranched alkanes of at least 4 members (excludes halogenated alkanes) is 1. The van der Waals surface area contributed by atoms with E-state index in [1.807, 2.05) is 33.8 Å². The number of ketones is 1. The highest BCUT2D eigenvalue weighted by atomic mass is 16.5. The summed E-state index contributed by atoms with van der Waals surface area (Å²) in [6, 6.07) is 1.31. The number of ether oxygens (including phenoxy) is 1. The van der Waals surface area contributed by atoms with Gasteiger partial charge in [-0.25, -0.2) is 9.59 Å². The highest BCUT2D eigenvalue weighted by Gasteiger charge is 2.22. The van der Waals surface area contributed by atoms with Crippen LogP contribution in [0.3, 0.4) is 0 Å². The van der Waals surface area contributed by atoms with E-state index in [4.69, 9.17) is 4.42 Å². The number of allylic oxidation sites excluding steroid dienone is 8. The Bertz CT molecular complexity index is 1170. The van der Waals surface area contributed by atoms with Gasteiger partial charge in [-0.1, -0.05) is 49.0 Å². The van der Waals surface area contributed by atoms with Crippen molar-refractivity contribution in [3.63, 3.8) is 0 Å². The van der Waals surface area contributed by atoms with Crippen LogP contribution in [0.15, 0.2) is 74.7 Å². The zero-order valence-corrected chi connectivity index (χ0v) is 24.0. The third-order valence-corrected chi connectivity index (χ3v) is 6.28. The number of carbonyl (C=O) groups is 2. The third-order valence-electron chi connectivity index (χ3n) is 6.28. The number of alkyl carbamates (subject to hydrolysis) is 1. The second-order valence-corrected chi connectivity index (χ2v) is 9.55. The minimum Gasteiger partial charge on any atom is -0.507 e. The van der Waals surface area contributed by atoms with Crippen LogP contribution >= 0.6 is 0 Å². The Hall–Kier alpha value is -3.65. The van der Waals surface area contributed by atoms with E-state index in [-0.39, 0.29) is 17.3 Å². The number of Topliss-reactive ketones (excluding diaryl/α,β-unsaturated/α-hetero) is 1. The van der Waals surface area contributed by atoms with Gasteiger partial charge >= 0.3 is 11.7 Å². The molecule has 0 aliphatic rings. The molecule has 0 saturated carbocycles. The lowest BCUT2D eigenvalue weighted by atomic mass is 9.99. The van der Waals surface area contributed by atoms with Crippen molar-refractivity contribution in [3.8, 4) is 5.75 Å². The van der Waals surface area contributed by atoms with Crippen molar-refractivity contribution in [1.29, 1.82) is 0 Å². The summed E-state index contributed by atoms with van der Waals surface area (Å²) in [5.41, 5.74) is 0.905. The van der Waals surface area contributed by atoms with Crippen molar-refractivity contribution in [3.05, 3.63) is 87.2 Å². The van der Waals surface area contributed by atoms with Crippen LogP contribution < -0.4 is 10.9 Å². The molecule has 0 saturated heterocycles. The Balaban J connectivity index is 2.79. The van der Waals surface area contributed by atoms with Crippen molar-refractivity contribution < 1.29 is 29.0 Å². The largest absolute Gasteiger partial charge is 0.507 e. The smallest absolute Gasteiger partial charge is 0.410 e. The van der Waals surface area contributed by atoms with Crippen molar-refractivity contribution in [1.82, 2.24) is 5.32 Å². The van der Waals surface area contributed by atoms with Gasteiger partial charge in [0.05, 0.1) is 13.2 Å². The lowest BCUT2D eigenvalue weighted by Gasteiger charge is -2.11. The molecule has 8 nitrogen and oxygen atoms in total. The standard InChI is InChI=1S/C31H43NO7/c1-7-8-9-10-13-22(3)25(33)18-16-21(2)15-17-24(5)29(35)28-26(34)20-27(39-30(28)36)23(4)14-11-12-19-32-31(37)38-6/h7-8,12-13,15,17,19-20,23,25,33-34H,9-11,14,16,18H2,1-6H3,(H,32,37)/b8-7+,19-12+,21-15+,22-13-,24-17+. The summed E-state index contributed by atoms with van der Waals surface area (Å²) in [5, 5.41) is 23.3. The molecule has 1 rings (SSSR count). The number of methoxy groups -OCH3 is 1. The molecular weight excluding hydrogens is 498 g/mol. The Morgan fingerprint density at radius 3 is 2.46 bits per heavy atom. The molecule has 0 aromatic carbocycles. The van der Waals surface area contributed by atoms with Gasteiger partial charge in [0.2, 0.25) is 0 Å². The molecule has 1 amide bonds. The van der Waals surface area contributed by atoms with Crippen molar-refractivity contribution in [2.45, 2.75) is 85.2 Å². The molecule has 0 bridgehead atoms. The molecule has 39 heavy (non-hydrogen) atoms. The summed E-state index contributed by atoms with van der Waals surface area (Å²) < 4.78 is 9.82. The number of aromatic hydroxyl groups is 1. The van der Waals surface area contributed by atoms with Crippen molar-refractivity contribution in [2.24, 2.45) is 0 Å². The first-order valence-corrected chi connectivity index (χ1v) is 13.2. The van der Waals surface area contributed by atoms with Gasteiger partial charge in [-0.05, 0) is 77.4 Å². The Morgan fingerprint density at radius 2 is 1.82 bits per heavy atom. The lowest BCUT2D eigenvalue weighted by Crippen LogP contribution is -2.17. The summed E-state index contributed by atoms with van der Waals surface area (Å²) >= 11 is 0. The Morgan fingerprint density at radius 1 is 1.10 bits per heavy atom. The Labute approximate surface area is 231 Å². The average molecular weight is 542 g/mol. The minimum absolute atomic E-state index is 0.209. The fourth-order valence-corrected chi connectivity index (χ4v) is 3.63. The van der Waals surface area contributed by atoms with Crippen LogP contribution in [0.1, 0.15) is 95.2 Å². The molecule has 2 atom stereocenters. The van der Waals surface area contributed by atoms with E-state index in [1.165, 1.54) is 19.4 Å². The van der Waals surface area contributed by atoms with Crippen LogP contribution in [0.2, 0.25) is 0 Å². The zero-order valence-electron chi connectivity index (χ0n) is 24.0. The van der Waals surface area contributed by atoms with Gasteiger partial charge in [-0.15, -0.1) is 0 Å². The first kappa shape index (κ1) is 33.4. The normalized spacial score (nSPS) is 14.6. The maximum absolute atomic E-state index is 12.9. The molecule has 0 spiro atoms. The van der Waals surface area contributed by atoms with Crippen LogP contribution in [-0.4, -0.2) is 35.3 Å². The molecule has 0 fully saturated rings. The lowest BCUT2D eigenvalue weighted by molar-refractivity contribution is 0.102. The monoisotopic (exact) mass is 541 g/mol. The third kappa shape index (κ3) is 12.2. The molecule has 8 heteroatoms. The van der Waals surface area contributed by atoms with Gasteiger partial charge in [0.25, 0.3) is 0 Å². The first-order chi connectivity index (χ1) is 18.5. The first-order valence-electron chi connectivity index (χ1n) is 13.2. The van der Waals surface area contributed by atoms with E-state index in [1.54, 1.807) is 25.2 Å². The van der Waals surface area contributed by atoms with Crippen molar-refractivity contribution >= 4 is 11.9 Å². The van der Waals surface area contributed by atoms with Crippen LogP contribution in [-0.2, 0) is 4.74 Å². The number of carbonyl (C=O) groups excluding carboxylic acids is 2. The minimum atomic E-state index is -0.891. The summed E-state index contributed by atoms with van der Waals surface area (Å²) in [6.07, 6.45) is 15.8. The summed E-state index contributed by atoms with van der Waals surface area (Å²) in [4.78, 5) is 36.5. The second-order valence-electron chi connectivity index (χ2n) is 9.55. The van der Waals surface area contributed by atoms with Gasteiger partial charge in [0, 0.05) is 18.2 Å². The summed E-state index contributed by atoms with van der Waals surface area (Å²) in [7, 11) is 1.27. The molecule has 1 aromatic rings. The van der Waals surface area contributed by atoms with Gasteiger partial charge in [0.1, 0.15) is 17.1 Å². The highest BCUT2D eigenvalue weighted by molar-refractivity contribution is 6.09. The molecule has 1 heterocycles. The number of rotatable bonds is 15. The predicted molar refractivity (Wildman–Crippen MR) is 154 cm³/mol. The average Bonchev–Trinajstić information content (AvgIpc) is 2.91. The number of aliphatic hydroxyl groups excluding tert-OH is 1. The van der Waals surface area contributed by atoms with Crippen LogP contribution in [0.25, 0.3) is 0 Å². The molecular formula is C31H43NO7. The van der Waals surface area contributed by atoms with Gasteiger partial charge in [0.15, 0.2) is 5.78 Å². The van der Waals surface area contributed by atoms with Crippen molar-refractivity contribution in [2.75, 3.05) is 7.11 Å². The quantitative estimate of drug-likeness (QED) is 0.0749. The predicted octanol–water partition coefficient (Wildman–Crippen LogP) is 6.62. The van der Waals surface area contributed by atoms with E-state index >= 15 is 0 Å². The van der Waals surface area contributed by atoms with E-state index in [2.05, 4.69) is 22.2 Å². The number of aliphatic hydroxyl groups is 1. The highest BCUT2D eigenvalue weighted by Crippen LogP contribution is 2.26. The number of nitrogens with one attached hydrogen (secondary N) is 1. The van der Waals surface area contributed by atoms with Crippen LogP contribution in [0.4, 0.5) is 4.79 Å². The van der Waals surface area contributed by atoms with Gasteiger partial charge in [-0.2, -0.15) is 0 Å². The molecule has 0 radical (unpaired) electrons. The summed E-state index contributed by atoms with van der Waals surface area (Å²) in [6.45, 7) is 9.22. The SMILES string of the molecule is C/C=C/CC/C=C(/C)C(O)CC/C(C)=C/C=C(\C)C(=O)c1c(O)cc(C(C)CC/C=C/NC(=O)OC)oc1=O. The molecule has 214 valence electrons. The van der Waals surface area contributed by atoms with Crippen LogP contribution in [0.5, 0.6) is 5.75 Å². The van der Waals surface area contributed by atoms with E-state index in [0.29, 0.717) is 25.7 Å². The second kappa shape index (κ2) is 17.8. The maximum atomic E-state index is 12.9. The molecule has 0 aliphatic heterocycles. The summed E-state index contributed by atoms with van der Waals surface area (Å²) in [5.74, 6) is -0.972. The fourth-order valence-electron chi connectivity index (χ4n) is 3.63. The molecule has 3 N–H and O–H groups in total. The van der Waals surface area contributed by atoms with Gasteiger partial charge < -0.3 is 19.4 Å². The zero-order chi connectivity index (χ0) is 29.4. The molecule has 1 aromatic heterocycles. The molecule has 2 unspecified atom stereocenters. The van der Waals surface area contributed by atoms with E-state index in [0.717, 1.165) is 24.0 Å². The van der Waals surface area contributed by atoms with Crippen LogP contribution in [0, 0.1) is 0 Å². The van der Waals surface area contributed by atoms with Gasteiger partial charge in [-0.3, -0.25) is 10.1 Å². The Kier molecular flexibility index (Phi) is 15.2. The van der Waals surface area contributed by atoms with E-state index < -0.39 is 34.9 Å². The number of hydrogen-bond acceptors (Lipinski definition) is 7. The number of hydrogen-bond donors (Lipinski definition) is 3. The number of amides is 1. The molecule has 0 aliphatic carbocycles. The van der Waals surface area contributed by atoms with E-state index in [9.17, 15) is 24.6 Å². The fraction of sp³-hybridized carbons (Fsp3) is 0.452. The topological polar surface area (TPSA) is 126 Å². The maximum Gasteiger partial charge on any atom is 0.410 e.